The van der Waals surface area contributed by atoms with E-state index in [9.17, 15) is 12.8 Å². The Bertz CT molecular complexity index is 997. The van der Waals surface area contributed by atoms with Crippen LogP contribution in [-0.4, -0.2) is 54.9 Å². The highest BCUT2D eigenvalue weighted by Gasteiger charge is 2.40. The minimum absolute atomic E-state index is 0. The van der Waals surface area contributed by atoms with E-state index >= 15 is 0 Å². The normalized spacial score (nSPS) is 17.7. The summed E-state index contributed by atoms with van der Waals surface area (Å²) < 4.78 is 42.3. The number of nitrogens with zero attached hydrogens (tertiary/aromatic N) is 3. The molecule has 3 rings (SSSR count). The first-order valence-electron chi connectivity index (χ1n) is 9.26. The van der Waals surface area contributed by atoms with Crippen molar-refractivity contribution in [3.05, 3.63) is 54.0 Å². The summed E-state index contributed by atoms with van der Waals surface area (Å²) in [5, 5.41) is 3.25. The van der Waals surface area contributed by atoms with Crippen molar-refractivity contribution in [3.8, 4) is 11.6 Å². The van der Waals surface area contributed by atoms with Crippen LogP contribution in [0.2, 0.25) is 0 Å². The maximum absolute atomic E-state index is 13.2. The minimum Gasteiger partial charge on any atom is -0.439 e. The lowest BCUT2D eigenvalue weighted by molar-refractivity contribution is 0.353. The monoisotopic (exact) mass is 548 g/mol. The van der Waals surface area contributed by atoms with E-state index < -0.39 is 14.6 Å². The molecule has 1 aromatic carbocycles. The van der Waals surface area contributed by atoms with Crippen LogP contribution in [0, 0.1) is 5.82 Å². The maximum Gasteiger partial charge on any atom is 0.219 e. The average Bonchev–Trinajstić information content (AvgIpc) is 2.66. The Kier molecular flexibility index (Phi) is 8.03. The molecule has 0 aliphatic carbocycles. The summed E-state index contributed by atoms with van der Waals surface area (Å²) >= 11 is 0. The molecule has 1 N–H and O–H groups in total. The van der Waals surface area contributed by atoms with Gasteiger partial charge in [-0.1, -0.05) is 12.1 Å². The maximum atomic E-state index is 13.2. The van der Waals surface area contributed by atoms with Gasteiger partial charge in [0.25, 0.3) is 0 Å². The van der Waals surface area contributed by atoms with Crippen LogP contribution in [-0.2, 0) is 16.4 Å². The van der Waals surface area contributed by atoms with Gasteiger partial charge in [-0.05, 0) is 31.5 Å². The van der Waals surface area contributed by atoms with Gasteiger partial charge in [-0.3, -0.25) is 4.99 Å². The summed E-state index contributed by atoms with van der Waals surface area (Å²) in [7, 11) is -1.43. The molecule has 1 fully saturated rings. The van der Waals surface area contributed by atoms with Gasteiger partial charge in [0.05, 0.1) is 10.5 Å². The number of rotatable bonds is 4. The van der Waals surface area contributed by atoms with Gasteiger partial charge in [-0.15, -0.1) is 24.0 Å². The Morgan fingerprint density at radius 3 is 2.70 bits per heavy atom. The van der Waals surface area contributed by atoms with Crippen LogP contribution in [0.4, 0.5) is 4.39 Å². The van der Waals surface area contributed by atoms with Crippen molar-refractivity contribution < 1.29 is 17.5 Å². The number of aromatic nitrogens is 1. The molecule has 0 saturated carbocycles. The molecule has 2 aromatic rings. The minimum atomic E-state index is -3.11. The van der Waals surface area contributed by atoms with Gasteiger partial charge in [-0.25, -0.2) is 17.8 Å². The number of ether oxygens (including phenoxy) is 1. The van der Waals surface area contributed by atoms with Crippen LogP contribution in [0.5, 0.6) is 11.6 Å². The number of nitrogens with one attached hydrogen (secondary N) is 1. The third-order valence-electron chi connectivity index (χ3n) is 4.82. The van der Waals surface area contributed by atoms with Gasteiger partial charge in [0, 0.05) is 45.0 Å². The third-order valence-corrected chi connectivity index (χ3v) is 7.35. The summed E-state index contributed by atoms with van der Waals surface area (Å²) in [6.45, 7) is 4.74. The van der Waals surface area contributed by atoms with Crippen molar-refractivity contribution >= 4 is 39.8 Å². The molecule has 164 valence electrons. The van der Waals surface area contributed by atoms with Gasteiger partial charge in [0.2, 0.25) is 5.88 Å². The van der Waals surface area contributed by atoms with Crippen LogP contribution >= 0.6 is 24.0 Å². The molecule has 7 nitrogen and oxygen atoms in total. The lowest BCUT2D eigenvalue weighted by Gasteiger charge is -2.39. The Balaban J connectivity index is 0.00000320. The zero-order chi connectivity index (χ0) is 21.1. The lowest BCUT2D eigenvalue weighted by atomic mass is 10.2. The molecule has 1 aliphatic rings. The molecule has 0 spiro atoms. The number of guanidine groups is 1. The fourth-order valence-corrected chi connectivity index (χ4v) is 4.43. The summed E-state index contributed by atoms with van der Waals surface area (Å²) in [5.74, 6) is 1.13. The second-order valence-corrected chi connectivity index (χ2v) is 10.2. The lowest BCUT2D eigenvalue weighted by Crippen LogP contribution is -2.57. The van der Waals surface area contributed by atoms with Crippen LogP contribution < -0.4 is 10.1 Å². The van der Waals surface area contributed by atoms with Crippen molar-refractivity contribution in [2.75, 3.05) is 25.9 Å². The molecule has 2 heterocycles. The number of benzene rings is 1. The van der Waals surface area contributed by atoms with Crippen molar-refractivity contribution in [1.29, 1.82) is 0 Å². The molecule has 10 heteroatoms. The molecule has 0 unspecified atom stereocenters. The topological polar surface area (TPSA) is 83.9 Å². The van der Waals surface area contributed by atoms with E-state index in [-0.39, 0.29) is 35.5 Å². The number of hydrogen-bond donors (Lipinski definition) is 1. The van der Waals surface area contributed by atoms with Gasteiger partial charge < -0.3 is 15.0 Å². The Labute approximate surface area is 193 Å². The van der Waals surface area contributed by atoms with Crippen molar-refractivity contribution in [3.63, 3.8) is 0 Å². The Hall–Kier alpha value is -1.95. The second kappa shape index (κ2) is 9.90. The van der Waals surface area contributed by atoms with E-state index in [4.69, 9.17) is 4.74 Å². The fraction of sp³-hybridized carbons (Fsp3) is 0.400. The van der Waals surface area contributed by atoms with Crippen molar-refractivity contribution in [1.82, 2.24) is 15.2 Å². The Morgan fingerprint density at radius 2 is 2.10 bits per heavy atom. The van der Waals surface area contributed by atoms with Crippen LogP contribution in [0.15, 0.2) is 47.6 Å². The average molecular weight is 548 g/mol. The van der Waals surface area contributed by atoms with E-state index in [2.05, 4.69) is 15.3 Å². The summed E-state index contributed by atoms with van der Waals surface area (Å²) in [5.41, 5.74) is 0.904. The van der Waals surface area contributed by atoms with Crippen LogP contribution in [0.25, 0.3) is 0 Å². The summed E-state index contributed by atoms with van der Waals surface area (Å²) in [6.07, 6.45) is 1.67. The SMILES string of the molecule is CN=C(NCc1ccc(Oc2cccc(F)c2)nc1)N1CCS(=O)(=O)C(C)(C)C1.I. The number of aliphatic imine (C=N–C) groups is 1. The predicted octanol–water partition coefficient (Wildman–Crippen LogP) is 3.22. The highest BCUT2D eigenvalue weighted by molar-refractivity contribution is 14.0. The standard InChI is InChI=1S/C20H25FN4O3S.HI/c1-20(2)14-25(9-10-29(20,26)27)19(22-3)24-13-15-7-8-18(23-12-15)28-17-6-4-5-16(21)11-17;/h4-8,11-12H,9-10,13-14H2,1-3H3,(H,22,24);1H. The van der Waals surface area contributed by atoms with Gasteiger partial charge in [0.1, 0.15) is 11.6 Å². The quantitative estimate of drug-likeness (QED) is 0.359. The number of sulfone groups is 1. The first kappa shape index (κ1) is 24.3. The zero-order valence-corrected chi connectivity index (χ0v) is 20.3. The molecule has 0 bridgehead atoms. The highest BCUT2D eigenvalue weighted by Crippen LogP contribution is 2.24. The molecular weight excluding hydrogens is 522 g/mol. The molecule has 0 amide bonds. The molecule has 0 radical (unpaired) electrons. The van der Waals surface area contributed by atoms with Gasteiger partial charge in [0.15, 0.2) is 15.8 Å². The van der Waals surface area contributed by atoms with E-state index in [0.717, 1.165) is 5.56 Å². The van der Waals surface area contributed by atoms with E-state index in [1.54, 1.807) is 45.3 Å². The first-order chi connectivity index (χ1) is 13.7. The second-order valence-electron chi connectivity index (χ2n) is 7.47. The number of hydrogen-bond acceptors (Lipinski definition) is 5. The summed E-state index contributed by atoms with van der Waals surface area (Å²) in [6, 6.07) is 9.43. The predicted molar refractivity (Wildman–Crippen MR) is 126 cm³/mol. The largest absolute Gasteiger partial charge is 0.439 e. The molecule has 30 heavy (non-hydrogen) atoms. The summed E-state index contributed by atoms with van der Waals surface area (Å²) in [4.78, 5) is 10.5. The number of pyridine rings is 1. The Morgan fingerprint density at radius 1 is 1.33 bits per heavy atom. The molecular formula is C20H26FIN4O3S. The zero-order valence-electron chi connectivity index (χ0n) is 17.1. The molecule has 0 atom stereocenters. The third kappa shape index (κ3) is 5.81. The van der Waals surface area contributed by atoms with E-state index in [1.807, 2.05) is 11.0 Å². The van der Waals surface area contributed by atoms with Crippen LogP contribution in [0.1, 0.15) is 19.4 Å². The van der Waals surface area contributed by atoms with Crippen LogP contribution in [0.3, 0.4) is 0 Å². The van der Waals surface area contributed by atoms with Crippen molar-refractivity contribution in [2.45, 2.75) is 25.1 Å². The van der Waals surface area contributed by atoms with E-state index in [1.165, 1.54) is 12.1 Å². The molecule has 1 aliphatic heterocycles. The molecule has 1 saturated heterocycles. The number of halogens is 2. The van der Waals surface area contributed by atoms with Gasteiger partial charge in [-0.2, -0.15) is 0 Å². The molecule has 1 aromatic heterocycles. The van der Waals surface area contributed by atoms with E-state index in [0.29, 0.717) is 37.2 Å². The van der Waals surface area contributed by atoms with Crippen molar-refractivity contribution in [2.24, 2.45) is 4.99 Å². The van der Waals surface area contributed by atoms with Gasteiger partial charge >= 0.3 is 0 Å². The highest BCUT2D eigenvalue weighted by atomic mass is 127. The first-order valence-corrected chi connectivity index (χ1v) is 10.9. The smallest absolute Gasteiger partial charge is 0.219 e. The fourth-order valence-electron chi connectivity index (χ4n) is 3.06.